The van der Waals surface area contributed by atoms with E-state index < -0.39 is 23.9 Å². The van der Waals surface area contributed by atoms with Crippen LogP contribution < -0.4 is 5.32 Å². The van der Waals surface area contributed by atoms with Crippen molar-refractivity contribution < 1.29 is 19.8 Å². The minimum absolute atomic E-state index is 0.103. The Morgan fingerprint density at radius 2 is 1.94 bits per heavy atom. The SMILES string of the molecule is O=C(O)C1CC1C(=O)NCC(O)c1ccccc1. The third-order valence-electron chi connectivity index (χ3n) is 3.10. The van der Waals surface area contributed by atoms with Gasteiger partial charge in [-0.05, 0) is 12.0 Å². The topological polar surface area (TPSA) is 86.6 Å². The molecule has 96 valence electrons. The lowest BCUT2D eigenvalue weighted by Crippen LogP contribution is -2.30. The Kier molecular flexibility index (Phi) is 3.62. The Hall–Kier alpha value is -1.88. The van der Waals surface area contributed by atoms with Gasteiger partial charge in [0.05, 0.1) is 17.9 Å². The zero-order valence-electron chi connectivity index (χ0n) is 9.74. The zero-order chi connectivity index (χ0) is 13.1. The molecule has 5 nitrogen and oxygen atoms in total. The van der Waals surface area contributed by atoms with Crippen LogP contribution in [0.4, 0.5) is 0 Å². The summed E-state index contributed by atoms with van der Waals surface area (Å²) in [5, 5.41) is 21.1. The van der Waals surface area contributed by atoms with Crippen LogP contribution >= 0.6 is 0 Å². The number of hydrogen-bond donors (Lipinski definition) is 3. The third kappa shape index (κ3) is 2.87. The third-order valence-corrected chi connectivity index (χ3v) is 3.10. The molecule has 1 fully saturated rings. The lowest BCUT2D eigenvalue weighted by Gasteiger charge is -2.11. The molecule has 1 aromatic carbocycles. The number of aliphatic carboxylic acids is 1. The molecule has 0 saturated heterocycles. The number of carboxylic acid groups (broad SMARTS) is 1. The van der Waals surface area contributed by atoms with Gasteiger partial charge in [-0.25, -0.2) is 0 Å². The van der Waals surface area contributed by atoms with E-state index in [1.54, 1.807) is 12.1 Å². The number of carbonyl (C=O) groups excluding carboxylic acids is 1. The summed E-state index contributed by atoms with van der Waals surface area (Å²) < 4.78 is 0. The Morgan fingerprint density at radius 3 is 2.50 bits per heavy atom. The zero-order valence-corrected chi connectivity index (χ0v) is 9.74. The van der Waals surface area contributed by atoms with Crippen LogP contribution in [0, 0.1) is 11.8 Å². The molecule has 3 atom stereocenters. The summed E-state index contributed by atoms with van der Waals surface area (Å²) in [7, 11) is 0. The predicted molar refractivity (Wildman–Crippen MR) is 63.6 cm³/mol. The highest BCUT2D eigenvalue weighted by atomic mass is 16.4. The van der Waals surface area contributed by atoms with Crippen LogP contribution in [-0.2, 0) is 9.59 Å². The Labute approximate surface area is 104 Å². The Morgan fingerprint density at radius 1 is 1.28 bits per heavy atom. The fourth-order valence-corrected chi connectivity index (χ4v) is 1.88. The van der Waals surface area contributed by atoms with Crippen molar-refractivity contribution >= 4 is 11.9 Å². The smallest absolute Gasteiger partial charge is 0.307 e. The van der Waals surface area contributed by atoms with Crippen LogP contribution in [0.1, 0.15) is 18.1 Å². The van der Waals surface area contributed by atoms with Gasteiger partial charge in [-0.2, -0.15) is 0 Å². The molecule has 2 rings (SSSR count). The molecule has 5 heteroatoms. The number of aliphatic hydroxyl groups is 1. The number of hydrogen-bond acceptors (Lipinski definition) is 3. The first kappa shape index (κ1) is 12.6. The van der Waals surface area contributed by atoms with Crippen LogP contribution in [0.25, 0.3) is 0 Å². The number of aliphatic hydroxyl groups excluding tert-OH is 1. The number of carbonyl (C=O) groups is 2. The van der Waals surface area contributed by atoms with E-state index >= 15 is 0 Å². The van der Waals surface area contributed by atoms with E-state index in [-0.39, 0.29) is 12.5 Å². The highest BCUT2D eigenvalue weighted by Gasteiger charge is 2.48. The first-order valence-corrected chi connectivity index (χ1v) is 5.83. The summed E-state index contributed by atoms with van der Waals surface area (Å²) in [5.41, 5.74) is 0.725. The van der Waals surface area contributed by atoms with Gasteiger partial charge in [0, 0.05) is 6.54 Å². The lowest BCUT2D eigenvalue weighted by molar-refractivity contribution is -0.140. The largest absolute Gasteiger partial charge is 0.481 e. The molecule has 1 aliphatic rings. The van der Waals surface area contributed by atoms with Crippen molar-refractivity contribution in [1.82, 2.24) is 5.32 Å². The minimum atomic E-state index is -0.932. The average molecular weight is 249 g/mol. The van der Waals surface area contributed by atoms with Crippen molar-refractivity contribution in [1.29, 1.82) is 0 Å². The molecule has 1 aliphatic carbocycles. The molecule has 0 radical (unpaired) electrons. The lowest BCUT2D eigenvalue weighted by atomic mass is 10.1. The van der Waals surface area contributed by atoms with Crippen molar-refractivity contribution in [3.8, 4) is 0 Å². The maximum Gasteiger partial charge on any atom is 0.307 e. The fraction of sp³-hybridized carbons (Fsp3) is 0.385. The fourth-order valence-electron chi connectivity index (χ4n) is 1.88. The number of benzene rings is 1. The molecule has 3 unspecified atom stereocenters. The molecule has 3 N–H and O–H groups in total. The molecule has 1 aromatic rings. The summed E-state index contributed by atoms with van der Waals surface area (Å²) >= 11 is 0. The second-order valence-corrected chi connectivity index (χ2v) is 4.46. The van der Waals surface area contributed by atoms with Gasteiger partial charge in [0.2, 0.25) is 5.91 Å². The normalized spacial score (nSPS) is 23.2. The standard InChI is InChI=1S/C13H15NO4/c15-11(8-4-2-1-3-5-8)7-14-12(16)9-6-10(9)13(17)18/h1-5,9-11,15H,6-7H2,(H,14,16)(H,17,18). The van der Waals surface area contributed by atoms with E-state index in [9.17, 15) is 14.7 Å². The van der Waals surface area contributed by atoms with Gasteiger partial charge in [0.1, 0.15) is 0 Å². The Balaban J connectivity index is 1.79. The second-order valence-electron chi connectivity index (χ2n) is 4.46. The molecule has 1 saturated carbocycles. The molecular formula is C13H15NO4. The first-order chi connectivity index (χ1) is 8.59. The summed E-state index contributed by atoms with van der Waals surface area (Å²) in [5.74, 6) is -2.22. The molecule has 0 aromatic heterocycles. The van der Waals surface area contributed by atoms with Crippen LogP contribution in [-0.4, -0.2) is 28.6 Å². The summed E-state index contributed by atoms with van der Waals surface area (Å²) in [6, 6.07) is 9.00. The van der Waals surface area contributed by atoms with Crippen LogP contribution in [0.5, 0.6) is 0 Å². The maximum atomic E-state index is 11.6. The first-order valence-electron chi connectivity index (χ1n) is 5.83. The van der Waals surface area contributed by atoms with E-state index in [1.807, 2.05) is 18.2 Å². The minimum Gasteiger partial charge on any atom is -0.481 e. The summed E-state index contributed by atoms with van der Waals surface area (Å²) in [6.45, 7) is 0.103. The molecule has 1 amide bonds. The molecule has 0 spiro atoms. The van der Waals surface area contributed by atoms with Gasteiger partial charge in [-0.1, -0.05) is 30.3 Å². The van der Waals surface area contributed by atoms with E-state index in [4.69, 9.17) is 5.11 Å². The van der Waals surface area contributed by atoms with E-state index in [0.717, 1.165) is 5.56 Å². The van der Waals surface area contributed by atoms with Crippen molar-refractivity contribution in [2.24, 2.45) is 11.8 Å². The highest BCUT2D eigenvalue weighted by Crippen LogP contribution is 2.38. The predicted octanol–water partition coefficient (Wildman–Crippen LogP) is 0.557. The van der Waals surface area contributed by atoms with Crippen LogP contribution in [0.15, 0.2) is 30.3 Å². The number of amides is 1. The van der Waals surface area contributed by atoms with Gasteiger partial charge < -0.3 is 15.5 Å². The second kappa shape index (κ2) is 5.18. The van der Waals surface area contributed by atoms with Crippen molar-refractivity contribution in [3.63, 3.8) is 0 Å². The van der Waals surface area contributed by atoms with Crippen LogP contribution in [0.2, 0.25) is 0 Å². The highest BCUT2D eigenvalue weighted by molar-refractivity contribution is 5.89. The van der Waals surface area contributed by atoms with Crippen molar-refractivity contribution in [3.05, 3.63) is 35.9 Å². The molecule has 18 heavy (non-hydrogen) atoms. The molecule has 0 heterocycles. The Bertz CT molecular complexity index is 446. The van der Waals surface area contributed by atoms with E-state index in [1.165, 1.54) is 0 Å². The van der Waals surface area contributed by atoms with Gasteiger partial charge in [0.25, 0.3) is 0 Å². The monoisotopic (exact) mass is 249 g/mol. The van der Waals surface area contributed by atoms with Gasteiger partial charge in [0.15, 0.2) is 0 Å². The van der Waals surface area contributed by atoms with Gasteiger partial charge in [-0.3, -0.25) is 9.59 Å². The quantitative estimate of drug-likeness (QED) is 0.711. The van der Waals surface area contributed by atoms with Crippen molar-refractivity contribution in [2.75, 3.05) is 6.54 Å². The number of rotatable bonds is 5. The molecular weight excluding hydrogens is 234 g/mol. The van der Waals surface area contributed by atoms with Gasteiger partial charge >= 0.3 is 5.97 Å². The van der Waals surface area contributed by atoms with E-state index in [2.05, 4.69) is 5.32 Å². The number of carboxylic acids is 1. The average Bonchev–Trinajstić information content (AvgIpc) is 3.17. The van der Waals surface area contributed by atoms with Crippen LogP contribution in [0.3, 0.4) is 0 Å². The maximum absolute atomic E-state index is 11.6. The summed E-state index contributed by atoms with van der Waals surface area (Å²) in [4.78, 5) is 22.2. The molecule has 0 bridgehead atoms. The summed E-state index contributed by atoms with van der Waals surface area (Å²) in [6.07, 6.45) is -0.375. The van der Waals surface area contributed by atoms with Gasteiger partial charge in [-0.15, -0.1) is 0 Å². The molecule has 0 aliphatic heterocycles. The number of nitrogens with one attached hydrogen (secondary N) is 1. The van der Waals surface area contributed by atoms with E-state index in [0.29, 0.717) is 6.42 Å². The van der Waals surface area contributed by atoms with Crippen molar-refractivity contribution in [2.45, 2.75) is 12.5 Å².